The Labute approximate surface area is 153 Å². The molecule has 0 spiro atoms. The molecule has 0 unspecified atom stereocenters. The van der Waals surface area contributed by atoms with E-state index < -0.39 is 6.10 Å². The minimum atomic E-state index is -0.583. The fourth-order valence-corrected chi connectivity index (χ4v) is 3.52. The Kier molecular flexibility index (Phi) is 6.01. The van der Waals surface area contributed by atoms with E-state index in [4.69, 9.17) is 4.74 Å². The molecule has 3 rings (SSSR count). The van der Waals surface area contributed by atoms with Crippen LogP contribution in [0.4, 0.5) is 4.39 Å². The number of benzene rings is 2. The van der Waals surface area contributed by atoms with Gasteiger partial charge in [-0.05, 0) is 54.7 Å². The van der Waals surface area contributed by atoms with Gasteiger partial charge < -0.3 is 14.7 Å². The van der Waals surface area contributed by atoms with Crippen LogP contribution >= 0.6 is 0 Å². The zero-order valence-corrected chi connectivity index (χ0v) is 14.9. The first-order valence-corrected chi connectivity index (χ1v) is 8.90. The molecule has 2 aromatic rings. The molecule has 0 aromatic heterocycles. The monoisotopic (exact) mass is 357 g/mol. The van der Waals surface area contributed by atoms with Gasteiger partial charge in [0.15, 0.2) is 0 Å². The molecule has 1 saturated heterocycles. The summed E-state index contributed by atoms with van der Waals surface area (Å²) in [5, 5.41) is 10.5. The van der Waals surface area contributed by atoms with Gasteiger partial charge in [-0.3, -0.25) is 4.79 Å². The molecule has 26 heavy (non-hydrogen) atoms. The average molecular weight is 357 g/mol. The predicted octanol–water partition coefficient (Wildman–Crippen LogP) is 3.18. The van der Waals surface area contributed by atoms with E-state index in [2.05, 4.69) is 0 Å². The summed E-state index contributed by atoms with van der Waals surface area (Å²) in [6.07, 6.45) is 1.36. The minimum absolute atomic E-state index is 0.0891. The fourth-order valence-electron chi connectivity index (χ4n) is 3.52. The highest BCUT2D eigenvalue weighted by molar-refractivity contribution is 5.94. The molecule has 4 nitrogen and oxygen atoms in total. The van der Waals surface area contributed by atoms with Crippen molar-refractivity contribution in [2.24, 2.45) is 0 Å². The lowest BCUT2D eigenvalue weighted by atomic mass is 9.92. The second-order valence-electron chi connectivity index (χ2n) is 6.74. The average Bonchev–Trinajstić information content (AvgIpc) is 2.65. The normalized spacial score (nSPS) is 20.2. The third-order valence-electron chi connectivity index (χ3n) is 4.85. The van der Waals surface area contributed by atoms with Crippen molar-refractivity contribution in [2.45, 2.75) is 38.0 Å². The second kappa shape index (κ2) is 8.43. The van der Waals surface area contributed by atoms with Crippen LogP contribution in [0, 0.1) is 5.82 Å². The van der Waals surface area contributed by atoms with Gasteiger partial charge in [0.2, 0.25) is 0 Å². The number of hydrogen-bond acceptors (Lipinski definition) is 3. The van der Waals surface area contributed by atoms with Crippen molar-refractivity contribution in [3.8, 4) is 0 Å². The summed E-state index contributed by atoms with van der Waals surface area (Å²) in [4.78, 5) is 14.8. The molecule has 0 bridgehead atoms. The van der Waals surface area contributed by atoms with Crippen molar-refractivity contribution in [1.82, 2.24) is 4.90 Å². The summed E-state index contributed by atoms with van der Waals surface area (Å²) in [5.41, 5.74) is 2.44. The number of halogens is 1. The standard InChI is InChI=1S/C21H24FNO3/c1-26-14-16-4-2-5-17(12-16)21(25)23-11-3-6-20(24)19(23)13-15-7-9-18(22)10-8-15/h2,4-5,7-10,12,19-20,24H,3,6,11,13-14H2,1H3/t19-,20-/m0/s1. The van der Waals surface area contributed by atoms with Crippen molar-refractivity contribution in [1.29, 1.82) is 0 Å². The Bertz CT molecular complexity index is 747. The number of amides is 1. The Hall–Kier alpha value is -2.24. The molecular weight excluding hydrogens is 333 g/mol. The topological polar surface area (TPSA) is 49.8 Å². The fraction of sp³-hybridized carbons (Fsp3) is 0.381. The van der Waals surface area contributed by atoms with Crippen LogP contribution in [-0.4, -0.2) is 41.7 Å². The molecule has 5 heteroatoms. The lowest BCUT2D eigenvalue weighted by Gasteiger charge is -2.39. The Balaban J connectivity index is 1.81. The van der Waals surface area contributed by atoms with E-state index in [-0.39, 0.29) is 17.8 Å². The molecule has 1 fully saturated rings. The maximum atomic E-state index is 13.1. The number of aliphatic hydroxyl groups excluding tert-OH is 1. The van der Waals surface area contributed by atoms with Gasteiger partial charge in [-0.2, -0.15) is 0 Å². The minimum Gasteiger partial charge on any atom is -0.391 e. The van der Waals surface area contributed by atoms with E-state index in [1.165, 1.54) is 12.1 Å². The lowest BCUT2D eigenvalue weighted by molar-refractivity contribution is 0.0118. The number of aliphatic hydroxyl groups is 1. The first-order chi connectivity index (χ1) is 12.6. The summed E-state index contributed by atoms with van der Waals surface area (Å²) >= 11 is 0. The summed E-state index contributed by atoms with van der Waals surface area (Å²) in [6.45, 7) is 1.05. The summed E-state index contributed by atoms with van der Waals surface area (Å²) in [5.74, 6) is -0.380. The van der Waals surface area contributed by atoms with Gasteiger partial charge >= 0.3 is 0 Å². The van der Waals surface area contributed by atoms with E-state index in [1.807, 2.05) is 18.2 Å². The molecule has 1 heterocycles. The van der Waals surface area contributed by atoms with Crippen molar-refractivity contribution < 1.29 is 19.0 Å². The summed E-state index contributed by atoms with van der Waals surface area (Å²) < 4.78 is 18.3. The van der Waals surface area contributed by atoms with Crippen LogP contribution in [-0.2, 0) is 17.8 Å². The molecule has 1 amide bonds. The Morgan fingerprint density at radius 1 is 1.23 bits per heavy atom. The molecule has 1 aliphatic heterocycles. The van der Waals surface area contributed by atoms with Gasteiger partial charge in [-0.1, -0.05) is 24.3 Å². The molecule has 0 radical (unpaired) electrons. The molecular formula is C21H24FNO3. The third-order valence-corrected chi connectivity index (χ3v) is 4.85. The highest BCUT2D eigenvalue weighted by Crippen LogP contribution is 2.24. The van der Waals surface area contributed by atoms with Gasteiger partial charge in [0.1, 0.15) is 5.82 Å². The van der Waals surface area contributed by atoms with Crippen LogP contribution in [0.15, 0.2) is 48.5 Å². The van der Waals surface area contributed by atoms with Crippen molar-refractivity contribution in [2.75, 3.05) is 13.7 Å². The van der Waals surface area contributed by atoms with Gasteiger partial charge in [-0.25, -0.2) is 4.39 Å². The highest BCUT2D eigenvalue weighted by Gasteiger charge is 2.33. The molecule has 2 aromatic carbocycles. The van der Waals surface area contributed by atoms with Crippen molar-refractivity contribution >= 4 is 5.91 Å². The molecule has 2 atom stereocenters. The molecule has 0 aliphatic carbocycles. The first kappa shape index (κ1) is 18.5. The first-order valence-electron chi connectivity index (χ1n) is 8.90. The smallest absolute Gasteiger partial charge is 0.254 e. The van der Waals surface area contributed by atoms with Crippen LogP contribution in [0.25, 0.3) is 0 Å². The van der Waals surface area contributed by atoms with E-state index in [1.54, 1.807) is 30.2 Å². The van der Waals surface area contributed by atoms with E-state index in [9.17, 15) is 14.3 Å². The maximum absolute atomic E-state index is 13.1. The van der Waals surface area contributed by atoms with Crippen molar-refractivity contribution in [3.05, 3.63) is 71.0 Å². The molecule has 138 valence electrons. The van der Waals surface area contributed by atoms with E-state index in [0.29, 0.717) is 31.6 Å². The molecule has 1 aliphatic rings. The lowest BCUT2D eigenvalue weighted by Crippen LogP contribution is -2.52. The second-order valence-corrected chi connectivity index (χ2v) is 6.74. The van der Waals surface area contributed by atoms with Crippen LogP contribution in [0.2, 0.25) is 0 Å². The number of nitrogens with zero attached hydrogens (tertiary/aromatic N) is 1. The number of likely N-dealkylation sites (tertiary alicyclic amines) is 1. The number of piperidine rings is 1. The number of methoxy groups -OCH3 is 1. The highest BCUT2D eigenvalue weighted by atomic mass is 19.1. The van der Waals surface area contributed by atoms with Gasteiger partial charge in [0.25, 0.3) is 5.91 Å². The quantitative estimate of drug-likeness (QED) is 0.894. The molecule has 0 saturated carbocycles. The molecule has 1 N–H and O–H groups in total. The van der Waals surface area contributed by atoms with Gasteiger partial charge in [0, 0.05) is 19.2 Å². The van der Waals surface area contributed by atoms with Crippen LogP contribution in [0.5, 0.6) is 0 Å². The van der Waals surface area contributed by atoms with Crippen molar-refractivity contribution in [3.63, 3.8) is 0 Å². The maximum Gasteiger partial charge on any atom is 0.254 e. The van der Waals surface area contributed by atoms with Crippen LogP contribution < -0.4 is 0 Å². The Morgan fingerprint density at radius 2 is 2.00 bits per heavy atom. The summed E-state index contributed by atoms with van der Waals surface area (Å²) in [7, 11) is 1.62. The van der Waals surface area contributed by atoms with Crippen LogP contribution in [0.3, 0.4) is 0 Å². The zero-order chi connectivity index (χ0) is 18.5. The largest absolute Gasteiger partial charge is 0.391 e. The van der Waals surface area contributed by atoms with Gasteiger partial charge in [0.05, 0.1) is 18.8 Å². The van der Waals surface area contributed by atoms with Crippen LogP contribution in [0.1, 0.15) is 34.3 Å². The summed E-state index contributed by atoms with van der Waals surface area (Å²) in [6, 6.07) is 13.3. The van der Waals surface area contributed by atoms with Gasteiger partial charge in [-0.15, -0.1) is 0 Å². The number of carbonyl (C=O) groups excluding carboxylic acids is 1. The van der Waals surface area contributed by atoms with E-state index >= 15 is 0 Å². The Morgan fingerprint density at radius 3 is 2.73 bits per heavy atom. The number of carbonyl (C=O) groups is 1. The number of rotatable bonds is 5. The number of ether oxygens (including phenoxy) is 1. The van der Waals surface area contributed by atoms with E-state index in [0.717, 1.165) is 17.5 Å². The number of hydrogen-bond donors (Lipinski definition) is 1. The SMILES string of the molecule is COCc1cccc(C(=O)N2CCC[C@H](O)[C@@H]2Cc2ccc(F)cc2)c1. The zero-order valence-electron chi connectivity index (χ0n) is 14.9. The predicted molar refractivity (Wildman–Crippen MR) is 97.3 cm³/mol. The third kappa shape index (κ3) is 4.29.